The highest BCUT2D eigenvalue weighted by atomic mass is 16.7. The van der Waals surface area contributed by atoms with Gasteiger partial charge in [0, 0.05) is 23.7 Å². The van der Waals surface area contributed by atoms with Crippen LogP contribution in [0.15, 0.2) is 30.3 Å². The smallest absolute Gasteiger partial charge is 0.268 e. The van der Waals surface area contributed by atoms with Crippen LogP contribution in [0.1, 0.15) is 36.0 Å². The van der Waals surface area contributed by atoms with Crippen molar-refractivity contribution in [2.75, 3.05) is 18.2 Å². The number of aromatic hydroxyl groups is 1. The molecule has 6 heteroatoms. The first kappa shape index (κ1) is 15.5. The van der Waals surface area contributed by atoms with Crippen molar-refractivity contribution in [2.24, 2.45) is 0 Å². The summed E-state index contributed by atoms with van der Waals surface area (Å²) in [4.78, 5) is 15.0. The number of aryl methyl sites for hydroxylation is 1. The molecular weight excluding hydrogens is 334 g/mol. The summed E-state index contributed by atoms with van der Waals surface area (Å²) >= 11 is 0. The molecule has 3 aliphatic heterocycles. The summed E-state index contributed by atoms with van der Waals surface area (Å²) in [5, 5.41) is 22.1. The number of anilines is 1. The van der Waals surface area contributed by atoms with Crippen molar-refractivity contribution in [3.05, 3.63) is 47.0 Å². The predicted molar refractivity (Wildman–Crippen MR) is 93.6 cm³/mol. The van der Waals surface area contributed by atoms with E-state index in [0.717, 1.165) is 36.9 Å². The zero-order chi connectivity index (χ0) is 17.9. The Labute approximate surface area is 150 Å². The molecular formula is C20H19NO5. The first-order valence-corrected chi connectivity index (χ1v) is 8.90. The summed E-state index contributed by atoms with van der Waals surface area (Å²) in [5.74, 6) is 0.220. The number of aliphatic hydroxyl groups is 1. The van der Waals surface area contributed by atoms with E-state index in [9.17, 15) is 15.0 Å². The fourth-order valence-electron chi connectivity index (χ4n) is 4.27. The molecule has 6 nitrogen and oxygen atoms in total. The Morgan fingerprint density at radius 3 is 2.69 bits per heavy atom. The molecule has 5 rings (SSSR count). The molecule has 0 radical (unpaired) electrons. The van der Waals surface area contributed by atoms with Gasteiger partial charge in [0.2, 0.25) is 12.4 Å². The second-order valence-electron chi connectivity index (χ2n) is 7.01. The second kappa shape index (κ2) is 5.38. The third-order valence-corrected chi connectivity index (χ3v) is 5.54. The highest BCUT2D eigenvalue weighted by Gasteiger charge is 2.53. The minimum absolute atomic E-state index is 0.0530. The van der Waals surface area contributed by atoms with Gasteiger partial charge in [-0.2, -0.15) is 0 Å². The topological polar surface area (TPSA) is 79.2 Å². The van der Waals surface area contributed by atoms with E-state index in [0.29, 0.717) is 23.6 Å². The van der Waals surface area contributed by atoms with E-state index in [1.165, 1.54) is 12.1 Å². The maximum atomic E-state index is 13.3. The minimum Gasteiger partial charge on any atom is -0.507 e. The number of nitrogens with zero attached hydrogens (tertiary/aromatic N) is 1. The van der Waals surface area contributed by atoms with Gasteiger partial charge >= 0.3 is 0 Å². The molecule has 3 aliphatic rings. The van der Waals surface area contributed by atoms with Crippen molar-refractivity contribution in [3.8, 4) is 17.2 Å². The molecule has 0 bridgehead atoms. The molecule has 0 aliphatic carbocycles. The number of ether oxygens (including phenoxy) is 2. The van der Waals surface area contributed by atoms with Crippen molar-refractivity contribution in [3.63, 3.8) is 0 Å². The van der Waals surface area contributed by atoms with E-state index in [-0.39, 0.29) is 18.1 Å². The summed E-state index contributed by atoms with van der Waals surface area (Å²) < 4.78 is 10.7. The van der Waals surface area contributed by atoms with Crippen LogP contribution in [0, 0.1) is 0 Å². The lowest BCUT2D eigenvalue weighted by molar-refractivity contribution is -0.132. The van der Waals surface area contributed by atoms with E-state index in [2.05, 4.69) is 0 Å². The van der Waals surface area contributed by atoms with Gasteiger partial charge in [0.1, 0.15) is 5.75 Å². The average molecular weight is 353 g/mol. The van der Waals surface area contributed by atoms with Crippen LogP contribution in [0.4, 0.5) is 5.69 Å². The molecule has 3 heterocycles. The highest BCUT2D eigenvalue weighted by molar-refractivity contribution is 6.10. The number of carbonyl (C=O) groups excluding carboxylic acids is 1. The zero-order valence-electron chi connectivity index (χ0n) is 14.2. The number of benzene rings is 2. The molecule has 134 valence electrons. The van der Waals surface area contributed by atoms with Gasteiger partial charge in [-0.1, -0.05) is 24.6 Å². The van der Waals surface area contributed by atoms with Crippen LogP contribution in [-0.4, -0.2) is 29.5 Å². The molecule has 1 amide bonds. The monoisotopic (exact) mass is 353 g/mol. The number of amides is 1. The van der Waals surface area contributed by atoms with Gasteiger partial charge in [0.25, 0.3) is 5.91 Å². The molecule has 26 heavy (non-hydrogen) atoms. The predicted octanol–water partition coefficient (Wildman–Crippen LogP) is 2.43. The molecule has 0 fully saturated rings. The number of phenolic OH excluding ortho intramolecular Hbond substituents is 1. The molecule has 2 aromatic rings. The van der Waals surface area contributed by atoms with E-state index in [1.807, 2.05) is 12.1 Å². The van der Waals surface area contributed by atoms with Crippen LogP contribution < -0.4 is 14.4 Å². The standard InChI is InChI=1S/C20H19NO5/c22-15-10-17-16(25-11-26-17)9-14(15)20(24)13-7-4-6-12-5-2-1-3-8-21(18(12)13)19(20)23/h4,6-7,9-10,22,24H,1-3,5,8,11H2. The fraction of sp³-hybridized carbons (Fsp3) is 0.350. The molecule has 0 saturated heterocycles. The lowest BCUT2D eigenvalue weighted by Crippen LogP contribution is -2.41. The van der Waals surface area contributed by atoms with Gasteiger partial charge in [-0.3, -0.25) is 4.79 Å². The first-order valence-electron chi connectivity index (χ1n) is 8.90. The van der Waals surface area contributed by atoms with Gasteiger partial charge in [0.05, 0.1) is 5.69 Å². The summed E-state index contributed by atoms with van der Waals surface area (Å²) in [6, 6.07) is 8.54. The Balaban J connectivity index is 1.75. The number of phenols is 1. The number of fused-ring (bicyclic) bond motifs is 1. The van der Waals surface area contributed by atoms with E-state index in [4.69, 9.17) is 9.47 Å². The number of hydrogen-bond donors (Lipinski definition) is 2. The van der Waals surface area contributed by atoms with Gasteiger partial charge in [-0.25, -0.2) is 0 Å². The van der Waals surface area contributed by atoms with E-state index in [1.54, 1.807) is 11.0 Å². The zero-order valence-corrected chi connectivity index (χ0v) is 14.2. The van der Waals surface area contributed by atoms with Gasteiger partial charge in [-0.15, -0.1) is 0 Å². The average Bonchev–Trinajstić information content (AvgIpc) is 3.15. The Kier molecular flexibility index (Phi) is 3.21. The van der Waals surface area contributed by atoms with Gasteiger partial charge in [0.15, 0.2) is 11.5 Å². The van der Waals surface area contributed by atoms with Crippen LogP contribution >= 0.6 is 0 Å². The molecule has 0 saturated carbocycles. The Hall–Kier alpha value is -2.73. The van der Waals surface area contributed by atoms with E-state index >= 15 is 0 Å². The second-order valence-corrected chi connectivity index (χ2v) is 7.01. The third-order valence-electron chi connectivity index (χ3n) is 5.54. The fourth-order valence-corrected chi connectivity index (χ4v) is 4.27. The maximum absolute atomic E-state index is 13.3. The van der Waals surface area contributed by atoms with E-state index < -0.39 is 11.5 Å². The van der Waals surface area contributed by atoms with Crippen LogP contribution in [0.5, 0.6) is 17.2 Å². The molecule has 0 aromatic heterocycles. The van der Waals surface area contributed by atoms with Crippen molar-refractivity contribution >= 4 is 11.6 Å². The molecule has 2 aromatic carbocycles. The highest BCUT2D eigenvalue weighted by Crippen LogP contribution is 2.51. The molecule has 0 spiro atoms. The number of hydrogen-bond acceptors (Lipinski definition) is 5. The Bertz CT molecular complexity index is 925. The quantitative estimate of drug-likeness (QED) is 0.823. The number of para-hydroxylation sites is 1. The summed E-state index contributed by atoms with van der Waals surface area (Å²) in [6.45, 7) is 0.619. The lowest BCUT2D eigenvalue weighted by Gasteiger charge is -2.25. The first-order chi connectivity index (χ1) is 12.6. The lowest BCUT2D eigenvalue weighted by atomic mass is 9.85. The largest absolute Gasteiger partial charge is 0.507 e. The normalized spacial score (nSPS) is 23.6. The van der Waals surface area contributed by atoms with Crippen LogP contribution in [0.25, 0.3) is 0 Å². The Morgan fingerprint density at radius 1 is 1.04 bits per heavy atom. The molecule has 2 N–H and O–H groups in total. The SMILES string of the molecule is O=C1N2CCCCCc3cccc(c32)C1(O)c1cc2c(cc1O)OCO2. The van der Waals surface area contributed by atoms with Crippen molar-refractivity contribution < 1.29 is 24.5 Å². The van der Waals surface area contributed by atoms with Crippen LogP contribution in [-0.2, 0) is 16.8 Å². The van der Waals surface area contributed by atoms with Crippen LogP contribution in [0.2, 0.25) is 0 Å². The summed E-state index contributed by atoms with van der Waals surface area (Å²) in [7, 11) is 0. The van der Waals surface area contributed by atoms with Gasteiger partial charge < -0.3 is 24.6 Å². The summed E-state index contributed by atoms with van der Waals surface area (Å²) in [6.07, 6.45) is 3.87. The van der Waals surface area contributed by atoms with Crippen molar-refractivity contribution in [1.82, 2.24) is 0 Å². The number of rotatable bonds is 1. The van der Waals surface area contributed by atoms with Crippen molar-refractivity contribution in [1.29, 1.82) is 0 Å². The summed E-state index contributed by atoms with van der Waals surface area (Å²) in [5.41, 5.74) is 0.576. The number of carbonyl (C=O) groups is 1. The van der Waals surface area contributed by atoms with Gasteiger partial charge in [-0.05, 0) is 30.9 Å². The third kappa shape index (κ3) is 1.93. The Morgan fingerprint density at radius 2 is 1.85 bits per heavy atom. The minimum atomic E-state index is -1.93. The molecule has 1 atom stereocenters. The molecule has 1 unspecified atom stereocenters. The van der Waals surface area contributed by atoms with Crippen molar-refractivity contribution in [2.45, 2.75) is 31.3 Å². The van der Waals surface area contributed by atoms with Crippen LogP contribution in [0.3, 0.4) is 0 Å². The maximum Gasteiger partial charge on any atom is 0.268 e.